The molecule has 5 heteroatoms. The molecule has 0 fully saturated rings. The third-order valence-corrected chi connectivity index (χ3v) is 5.40. The smallest absolute Gasteiger partial charge is 0.335 e. The normalized spacial score (nSPS) is 11.0. The van der Waals surface area contributed by atoms with Crippen LogP contribution < -0.4 is 5.73 Å². The summed E-state index contributed by atoms with van der Waals surface area (Å²) in [6.07, 6.45) is 10.5. The quantitative estimate of drug-likeness (QED) is 0.349. The van der Waals surface area contributed by atoms with Gasteiger partial charge >= 0.3 is 5.97 Å². The van der Waals surface area contributed by atoms with Crippen LogP contribution in [0.5, 0.6) is 0 Å². The Balaban J connectivity index is 0.000000442. The van der Waals surface area contributed by atoms with E-state index in [9.17, 15) is 15.0 Å². The molecule has 2 aromatic carbocycles. The van der Waals surface area contributed by atoms with Crippen molar-refractivity contribution in [3.63, 3.8) is 0 Å². The van der Waals surface area contributed by atoms with Gasteiger partial charge in [-0.1, -0.05) is 81.5 Å². The minimum Gasteiger partial charge on any atom is -0.478 e. The van der Waals surface area contributed by atoms with Crippen LogP contribution in [0.3, 0.4) is 0 Å². The van der Waals surface area contributed by atoms with Crippen LogP contribution in [0.2, 0.25) is 0 Å². The van der Waals surface area contributed by atoms with Gasteiger partial charge in [0.15, 0.2) is 0 Å². The lowest BCUT2D eigenvalue weighted by molar-refractivity contribution is 0.0697. The van der Waals surface area contributed by atoms with E-state index in [1.807, 2.05) is 0 Å². The first kappa shape index (κ1) is 26.8. The number of carbonyl (C=O) groups is 1. The van der Waals surface area contributed by atoms with E-state index in [0.29, 0.717) is 12.0 Å². The van der Waals surface area contributed by atoms with Crippen molar-refractivity contribution in [2.45, 2.75) is 70.3 Å². The molecule has 0 saturated carbocycles. The predicted molar refractivity (Wildman–Crippen MR) is 126 cm³/mol. The molecule has 31 heavy (non-hydrogen) atoms. The minimum absolute atomic E-state index is 0.181. The zero-order valence-corrected chi connectivity index (χ0v) is 18.8. The van der Waals surface area contributed by atoms with Gasteiger partial charge in [0.05, 0.1) is 24.3 Å². The second-order valence-corrected chi connectivity index (χ2v) is 8.18. The van der Waals surface area contributed by atoms with Gasteiger partial charge in [-0.15, -0.1) is 0 Å². The van der Waals surface area contributed by atoms with Gasteiger partial charge in [-0.25, -0.2) is 4.79 Å². The first-order valence-electron chi connectivity index (χ1n) is 11.3. The molecule has 0 heterocycles. The molecule has 0 amide bonds. The molecule has 0 aromatic heterocycles. The molecule has 5 nitrogen and oxygen atoms in total. The number of carboxylic acids is 1. The zero-order valence-electron chi connectivity index (χ0n) is 18.8. The van der Waals surface area contributed by atoms with Crippen LogP contribution in [-0.2, 0) is 12.8 Å². The number of aliphatic hydroxyl groups is 2. The first-order valence-corrected chi connectivity index (χ1v) is 11.3. The fraction of sp³-hybridized carbons (Fsp3) is 0.500. The molecule has 2 rings (SSSR count). The fourth-order valence-electron chi connectivity index (χ4n) is 3.16. The molecular formula is C26H39NO4. The van der Waals surface area contributed by atoms with Gasteiger partial charge < -0.3 is 21.1 Å². The van der Waals surface area contributed by atoms with Crippen molar-refractivity contribution in [1.82, 2.24) is 0 Å². The molecular weight excluding hydrogens is 390 g/mol. The highest BCUT2D eigenvalue weighted by molar-refractivity contribution is 5.87. The number of nitrogens with two attached hydrogens (primary N) is 1. The third kappa shape index (κ3) is 11.7. The topological polar surface area (TPSA) is 104 Å². The largest absolute Gasteiger partial charge is 0.478 e. The molecule has 0 spiro atoms. The molecule has 0 saturated heterocycles. The Hall–Kier alpha value is -2.21. The molecule has 172 valence electrons. The number of aryl methyl sites for hydroxylation is 2. The maximum absolute atomic E-state index is 10.2. The maximum Gasteiger partial charge on any atom is 0.335 e. The number of rotatable bonds is 13. The molecule has 0 atom stereocenters. The average Bonchev–Trinajstić information content (AvgIpc) is 2.81. The number of hydrogen-bond donors (Lipinski definition) is 4. The summed E-state index contributed by atoms with van der Waals surface area (Å²) in [6, 6.07) is 17.0. The Labute approximate surface area is 186 Å². The molecule has 0 aliphatic rings. The third-order valence-electron chi connectivity index (χ3n) is 5.40. The Morgan fingerprint density at radius 2 is 1.32 bits per heavy atom. The van der Waals surface area contributed by atoms with E-state index in [-0.39, 0.29) is 13.2 Å². The second-order valence-electron chi connectivity index (χ2n) is 8.18. The molecule has 0 bridgehead atoms. The van der Waals surface area contributed by atoms with Crippen molar-refractivity contribution in [3.8, 4) is 0 Å². The number of hydrogen-bond acceptors (Lipinski definition) is 4. The maximum atomic E-state index is 10.2. The van der Waals surface area contributed by atoms with Crippen LogP contribution in [0.25, 0.3) is 0 Å². The zero-order chi connectivity index (χ0) is 23.0. The molecule has 2 aromatic rings. The molecule has 5 N–H and O–H groups in total. The summed E-state index contributed by atoms with van der Waals surface area (Å²) in [5.74, 6) is -0.879. The van der Waals surface area contributed by atoms with Crippen LogP contribution in [0.15, 0.2) is 54.6 Å². The van der Waals surface area contributed by atoms with Crippen LogP contribution >= 0.6 is 0 Å². The summed E-state index contributed by atoms with van der Waals surface area (Å²) in [6.45, 7) is 1.89. The van der Waals surface area contributed by atoms with Crippen molar-refractivity contribution >= 4 is 5.97 Å². The molecule has 0 unspecified atom stereocenters. The Kier molecular flexibility index (Phi) is 13.5. The highest BCUT2D eigenvalue weighted by atomic mass is 16.4. The van der Waals surface area contributed by atoms with Crippen molar-refractivity contribution in [2.75, 3.05) is 13.2 Å². The van der Waals surface area contributed by atoms with Crippen LogP contribution in [0, 0.1) is 0 Å². The van der Waals surface area contributed by atoms with Gasteiger partial charge in [0.2, 0.25) is 0 Å². The monoisotopic (exact) mass is 429 g/mol. The van der Waals surface area contributed by atoms with Gasteiger partial charge in [-0.3, -0.25) is 0 Å². The van der Waals surface area contributed by atoms with Crippen molar-refractivity contribution < 1.29 is 20.1 Å². The number of benzene rings is 2. The van der Waals surface area contributed by atoms with Crippen LogP contribution in [-0.4, -0.2) is 40.0 Å². The lowest BCUT2D eigenvalue weighted by Crippen LogP contribution is -2.47. The lowest BCUT2D eigenvalue weighted by atomic mass is 9.93. The molecule has 0 aliphatic carbocycles. The van der Waals surface area contributed by atoms with Gasteiger partial charge in [-0.2, -0.15) is 0 Å². The van der Waals surface area contributed by atoms with E-state index >= 15 is 0 Å². The predicted octanol–water partition coefficient (Wildman–Crippen LogP) is 4.59. The van der Waals surface area contributed by atoms with Crippen molar-refractivity contribution in [2.24, 2.45) is 5.73 Å². The SMILES string of the molecule is CCCCCCCCc1ccc(CCC(N)(CO)CO)cc1.O=C(O)c1ccccc1. The summed E-state index contributed by atoms with van der Waals surface area (Å²) >= 11 is 0. The average molecular weight is 430 g/mol. The standard InChI is InChI=1S/C19H33NO2.C7H6O2/c1-2-3-4-5-6-7-8-17-9-11-18(12-10-17)13-14-19(20,15-21)16-22;8-7(9)6-4-2-1-3-5-6/h9-12,21-22H,2-8,13-16,20H2,1H3;1-5H,(H,8,9). The summed E-state index contributed by atoms with van der Waals surface area (Å²) < 4.78 is 0. The van der Waals surface area contributed by atoms with Crippen LogP contribution in [0.1, 0.15) is 73.4 Å². The summed E-state index contributed by atoms with van der Waals surface area (Å²) in [5, 5.41) is 26.8. The summed E-state index contributed by atoms with van der Waals surface area (Å²) in [7, 11) is 0. The van der Waals surface area contributed by atoms with Gasteiger partial charge in [0, 0.05) is 0 Å². The number of aromatic carboxylic acids is 1. The van der Waals surface area contributed by atoms with E-state index in [4.69, 9.17) is 10.8 Å². The van der Waals surface area contributed by atoms with E-state index in [1.54, 1.807) is 30.3 Å². The Morgan fingerprint density at radius 1 is 0.806 bits per heavy atom. The van der Waals surface area contributed by atoms with Gasteiger partial charge in [0.1, 0.15) is 0 Å². The molecule has 0 aliphatic heterocycles. The van der Waals surface area contributed by atoms with Gasteiger partial charge in [0.25, 0.3) is 0 Å². The highest BCUT2D eigenvalue weighted by Gasteiger charge is 2.22. The summed E-state index contributed by atoms with van der Waals surface area (Å²) in [5.41, 5.74) is 7.96. The number of aliphatic hydroxyl groups excluding tert-OH is 2. The highest BCUT2D eigenvalue weighted by Crippen LogP contribution is 2.14. The Morgan fingerprint density at radius 3 is 1.81 bits per heavy atom. The minimum atomic E-state index is -0.879. The van der Waals surface area contributed by atoms with Crippen molar-refractivity contribution in [3.05, 3.63) is 71.3 Å². The molecule has 0 radical (unpaired) electrons. The fourth-order valence-corrected chi connectivity index (χ4v) is 3.16. The van der Waals surface area contributed by atoms with E-state index in [0.717, 1.165) is 12.8 Å². The Bertz CT molecular complexity index is 712. The van der Waals surface area contributed by atoms with Crippen LogP contribution in [0.4, 0.5) is 0 Å². The first-order chi connectivity index (χ1) is 14.9. The summed E-state index contributed by atoms with van der Waals surface area (Å²) in [4.78, 5) is 10.2. The number of unbranched alkanes of at least 4 members (excludes halogenated alkanes) is 5. The van der Waals surface area contributed by atoms with E-state index < -0.39 is 11.5 Å². The van der Waals surface area contributed by atoms with Gasteiger partial charge in [-0.05, 0) is 48.9 Å². The number of carboxylic acid groups (broad SMARTS) is 1. The van der Waals surface area contributed by atoms with E-state index in [2.05, 4.69) is 31.2 Å². The second kappa shape index (κ2) is 15.6. The lowest BCUT2D eigenvalue weighted by Gasteiger charge is -2.24. The van der Waals surface area contributed by atoms with Crippen molar-refractivity contribution in [1.29, 1.82) is 0 Å². The van der Waals surface area contributed by atoms with E-state index in [1.165, 1.54) is 49.7 Å².